The molecule has 1 amide bonds. The zero-order valence-electron chi connectivity index (χ0n) is 17.3. The molecule has 158 valence electrons. The van der Waals surface area contributed by atoms with Gasteiger partial charge < -0.3 is 10.1 Å². The standard InChI is InChI=1S/C21H27ClN2O4S/c1-6-18(21(25)23-17-10-8-7-9-16(17)14(2)3)24(29(5,26)27)19-13-15(22)11-12-20(19)28-4/h7-14,18H,6H2,1-5H3,(H,23,25)/t18-/m1/s1. The van der Waals surface area contributed by atoms with E-state index < -0.39 is 22.0 Å². The van der Waals surface area contributed by atoms with Gasteiger partial charge >= 0.3 is 0 Å². The van der Waals surface area contributed by atoms with Gasteiger partial charge in [0, 0.05) is 10.7 Å². The van der Waals surface area contributed by atoms with Crippen LogP contribution in [-0.2, 0) is 14.8 Å². The zero-order valence-corrected chi connectivity index (χ0v) is 18.8. The Hall–Kier alpha value is -2.25. The summed E-state index contributed by atoms with van der Waals surface area (Å²) in [5.74, 6) is 0.0901. The van der Waals surface area contributed by atoms with Crippen molar-refractivity contribution in [2.45, 2.75) is 39.2 Å². The first kappa shape index (κ1) is 23.0. The lowest BCUT2D eigenvalue weighted by atomic mass is 10.0. The number of nitrogens with one attached hydrogen (secondary N) is 1. The van der Waals surface area contributed by atoms with Gasteiger partial charge in [-0.05, 0) is 42.2 Å². The number of carbonyl (C=O) groups excluding carboxylic acids is 1. The SMILES string of the molecule is CC[C@H](C(=O)Nc1ccccc1C(C)C)N(c1cc(Cl)ccc1OC)S(C)(=O)=O. The molecule has 0 fully saturated rings. The van der Waals surface area contributed by atoms with Crippen LogP contribution in [0.4, 0.5) is 11.4 Å². The molecule has 0 radical (unpaired) electrons. The summed E-state index contributed by atoms with van der Waals surface area (Å²) in [6.07, 6.45) is 1.32. The Kier molecular flexibility index (Phi) is 7.54. The summed E-state index contributed by atoms with van der Waals surface area (Å²) in [5.41, 5.74) is 1.86. The number of amides is 1. The Morgan fingerprint density at radius 1 is 1.21 bits per heavy atom. The number of sulfonamides is 1. The molecule has 0 aliphatic carbocycles. The molecule has 0 spiro atoms. The molecule has 0 saturated carbocycles. The third kappa shape index (κ3) is 5.42. The lowest BCUT2D eigenvalue weighted by Crippen LogP contribution is -2.47. The largest absolute Gasteiger partial charge is 0.495 e. The summed E-state index contributed by atoms with van der Waals surface area (Å²) < 4.78 is 31.8. The van der Waals surface area contributed by atoms with Gasteiger partial charge in [0.25, 0.3) is 0 Å². The van der Waals surface area contributed by atoms with Crippen molar-refractivity contribution in [3.05, 3.63) is 53.1 Å². The molecule has 0 bridgehead atoms. The van der Waals surface area contributed by atoms with Gasteiger partial charge in [-0.15, -0.1) is 0 Å². The van der Waals surface area contributed by atoms with E-state index in [1.54, 1.807) is 19.1 Å². The second-order valence-electron chi connectivity index (χ2n) is 7.03. The van der Waals surface area contributed by atoms with E-state index in [0.29, 0.717) is 16.5 Å². The van der Waals surface area contributed by atoms with Crippen LogP contribution in [0.2, 0.25) is 5.02 Å². The first-order valence-electron chi connectivity index (χ1n) is 9.32. The van der Waals surface area contributed by atoms with Crippen molar-refractivity contribution >= 4 is 38.9 Å². The number of hydrogen-bond donors (Lipinski definition) is 1. The Bertz CT molecular complexity index is 976. The Balaban J connectivity index is 2.51. The minimum Gasteiger partial charge on any atom is -0.495 e. The summed E-state index contributed by atoms with van der Waals surface area (Å²) in [6.45, 7) is 5.82. The summed E-state index contributed by atoms with van der Waals surface area (Å²) in [5, 5.41) is 3.24. The summed E-state index contributed by atoms with van der Waals surface area (Å²) in [7, 11) is -2.37. The van der Waals surface area contributed by atoms with Gasteiger partial charge in [0.15, 0.2) is 0 Å². The number of ether oxygens (including phenoxy) is 1. The predicted molar refractivity (Wildman–Crippen MR) is 119 cm³/mol. The van der Waals surface area contributed by atoms with E-state index in [-0.39, 0.29) is 18.0 Å². The molecule has 2 aromatic carbocycles. The summed E-state index contributed by atoms with van der Waals surface area (Å²) >= 11 is 6.10. The molecule has 0 unspecified atom stereocenters. The number of nitrogens with zero attached hydrogens (tertiary/aromatic N) is 1. The average molecular weight is 439 g/mol. The van der Waals surface area contributed by atoms with Gasteiger partial charge in [-0.2, -0.15) is 0 Å². The molecule has 0 saturated heterocycles. The Labute approximate surface area is 177 Å². The van der Waals surface area contributed by atoms with Gasteiger partial charge in [-0.1, -0.05) is 50.6 Å². The second-order valence-corrected chi connectivity index (χ2v) is 9.33. The van der Waals surface area contributed by atoms with Crippen LogP contribution < -0.4 is 14.4 Å². The maximum Gasteiger partial charge on any atom is 0.248 e. The van der Waals surface area contributed by atoms with Crippen molar-refractivity contribution in [1.82, 2.24) is 0 Å². The molecular weight excluding hydrogens is 412 g/mol. The fourth-order valence-corrected chi connectivity index (χ4v) is 4.57. The fourth-order valence-electron chi connectivity index (χ4n) is 3.20. The average Bonchev–Trinajstić information content (AvgIpc) is 2.65. The number of benzene rings is 2. The Morgan fingerprint density at radius 3 is 2.41 bits per heavy atom. The number of para-hydroxylation sites is 1. The number of carbonyl (C=O) groups is 1. The Morgan fingerprint density at radius 2 is 1.86 bits per heavy atom. The smallest absolute Gasteiger partial charge is 0.248 e. The van der Waals surface area contributed by atoms with E-state index in [1.807, 2.05) is 38.1 Å². The van der Waals surface area contributed by atoms with Crippen LogP contribution in [0.15, 0.2) is 42.5 Å². The van der Waals surface area contributed by atoms with Crippen LogP contribution in [0.5, 0.6) is 5.75 Å². The minimum absolute atomic E-state index is 0.200. The van der Waals surface area contributed by atoms with E-state index in [0.717, 1.165) is 16.1 Å². The van der Waals surface area contributed by atoms with Crippen molar-refractivity contribution in [2.75, 3.05) is 23.0 Å². The molecule has 0 aromatic heterocycles. The van der Waals surface area contributed by atoms with Crippen LogP contribution >= 0.6 is 11.6 Å². The van der Waals surface area contributed by atoms with Gasteiger partial charge in [-0.25, -0.2) is 8.42 Å². The van der Waals surface area contributed by atoms with Crippen LogP contribution in [-0.4, -0.2) is 33.7 Å². The van der Waals surface area contributed by atoms with E-state index in [9.17, 15) is 13.2 Å². The van der Waals surface area contributed by atoms with Gasteiger partial charge in [-0.3, -0.25) is 9.10 Å². The van der Waals surface area contributed by atoms with Crippen LogP contribution in [0.1, 0.15) is 38.7 Å². The molecule has 0 aliphatic rings. The van der Waals surface area contributed by atoms with E-state index in [1.165, 1.54) is 13.2 Å². The number of halogens is 1. The van der Waals surface area contributed by atoms with Crippen molar-refractivity contribution in [2.24, 2.45) is 0 Å². The highest BCUT2D eigenvalue weighted by Gasteiger charge is 2.34. The topological polar surface area (TPSA) is 75.7 Å². The molecule has 2 aromatic rings. The maximum atomic E-state index is 13.2. The molecule has 1 N–H and O–H groups in total. The molecule has 2 rings (SSSR count). The quantitative estimate of drug-likeness (QED) is 0.650. The first-order chi connectivity index (χ1) is 13.6. The highest BCUT2D eigenvalue weighted by Crippen LogP contribution is 2.35. The lowest BCUT2D eigenvalue weighted by molar-refractivity contribution is -0.117. The van der Waals surface area contributed by atoms with Gasteiger partial charge in [0.2, 0.25) is 15.9 Å². The fraction of sp³-hybridized carbons (Fsp3) is 0.381. The molecule has 29 heavy (non-hydrogen) atoms. The van der Waals surface area contributed by atoms with E-state index in [4.69, 9.17) is 16.3 Å². The van der Waals surface area contributed by atoms with Gasteiger partial charge in [0.1, 0.15) is 11.8 Å². The number of rotatable bonds is 8. The molecule has 6 nitrogen and oxygen atoms in total. The van der Waals surface area contributed by atoms with Crippen LogP contribution in [0.3, 0.4) is 0 Å². The number of methoxy groups -OCH3 is 1. The molecule has 0 aliphatic heterocycles. The third-order valence-corrected chi connectivity index (χ3v) is 5.95. The predicted octanol–water partition coefficient (Wildman–Crippen LogP) is 4.66. The lowest BCUT2D eigenvalue weighted by Gasteiger charge is -2.31. The summed E-state index contributed by atoms with van der Waals surface area (Å²) in [6, 6.07) is 11.2. The second kappa shape index (κ2) is 9.50. The minimum atomic E-state index is -3.81. The van der Waals surface area contributed by atoms with Crippen LogP contribution in [0.25, 0.3) is 0 Å². The van der Waals surface area contributed by atoms with Gasteiger partial charge in [0.05, 0.1) is 19.1 Å². The first-order valence-corrected chi connectivity index (χ1v) is 11.6. The van der Waals surface area contributed by atoms with Crippen LogP contribution in [0, 0.1) is 0 Å². The number of hydrogen-bond acceptors (Lipinski definition) is 4. The zero-order chi connectivity index (χ0) is 21.8. The van der Waals surface area contributed by atoms with Crippen molar-refractivity contribution in [3.63, 3.8) is 0 Å². The van der Waals surface area contributed by atoms with E-state index >= 15 is 0 Å². The van der Waals surface area contributed by atoms with Crippen molar-refractivity contribution < 1.29 is 17.9 Å². The normalized spacial score (nSPS) is 12.5. The van der Waals surface area contributed by atoms with Crippen molar-refractivity contribution in [3.8, 4) is 5.75 Å². The highest BCUT2D eigenvalue weighted by molar-refractivity contribution is 7.92. The van der Waals surface area contributed by atoms with Crippen molar-refractivity contribution in [1.29, 1.82) is 0 Å². The monoisotopic (exact) mass is 438 g/mol. The van der Waals surface area contributed by atoms with E-state index in [2.05, 4.69) is 5.32 Å². The number of anilines is 2. The third-order valence-electron chi connectivity index (χ3n) is 4.55. The maximum absolute atomic E-state index is 13.2. The summed E-state index contributed by atoms with van der Waals surface area (Å²) in [4.78, 5) is 13.2. The molecule has 1 atom stereocenters. The highest BCUT2D eigenvalue weighted by atomic mass is 35.5. The molecule has 0 heterocycles. The molecule has 8 heteroatoms. The molecular formula is C21H27ClN2O4S.